The van der Waals surface area contributed by atoms with Crippen molar-refractivity contribution in [2.24, 2.45) is 0 Å². The van der Waals surface area contributed by atoms with Crippen molar-refractivity contribution in [3.05, 3.63) is 33.8 Å². The number of hydrogen-bond acceptors (Lipinski definition) is 2. The Morgan fingerprint density at radius 3 is 2.65 bits per heavy atom. The first kappa shape index (κ1) is 17.1. The molecule has 1 saturated heterocycles. The lowest BCUT2D eigenvalue weighted by molar-refractivity contribution is -0.136. The number of likely N-dealkylation sites (tertiary alicyclic amines) is 1. The van der Waals surface area contributed by atoms with Crippen LogP contribution in [-0.4, -0.2) is 40.9 Å². The maximum absolute atomic E-state index is 12.7. The second-order valence-corrected chi connectivity index (χ2v) is 7.63. The summed E-state index contributed by atoms with van der Waals surface area (Å²) < 4.78 is 0. The molecule has 1 unspecified atom stereocenters. The van der Waals surface area contributed by atoms with Crippen molar-refractivity contribution in [2.75, 3.05) is 13.1 Å². The fourth-order valence-corrected chi connectivity index (χ4v) is 3.68. The third kappa shape index (κ3) is 4.40. The van der Waals surface area contributed by atoms with Gasteiger partial charge in [0.1, 0.15) is 0 Å². The molecule has 0 radical (unpaired) electrons. The lowest BCUT2D eigenvalue weighted by Crippen LogP contribution is -2.47. The average Bonchev–Trinajstić information content (AvgIpc) is 3.35. The highest BCUT2D eigenvalue weighted by molar-refractivity contribution is 6.42. The summed E-state index contributed by atoms with van der Waals surface area (Å²) in [5, 5.41) is 1.16. The Labute approximate surface area is 148 Å². The average molecular weight is 355 g/mol. The number of piperidine rings is 1. The summed E-state index contributed by atoms with van der Waals surface area (Å²) in [5.74, 6) is 0.268. The fourth-order valence-electron chi connectivity index (χ4n) is 3.36. The first-order chi connectivity index (χ1) is 11.0. The van der Waals surface area contributed by atoms with Gasteiger partial charge in [0.25, 0.3) is 0 Å². The van der Waals surface area contributed by atoms with Gasteiger partial charge in [-0.1, -0.05) is 29.3 Å². The van der Waals surface area contributed by atoms with Gasteiger partial charge in [0.2, 0.25) is 5.91 Å². The van der Waals surface area contributed by atoms with Crippen LogP contribution in [0, 0.1) is 0 Å². The predicted molar refractivity (Wildman–Crippen MR) is 94.9 cm³/mol. The van der Waals surface area contributed by atoms with Gasteiger partial charge in [-0.05, 0) is 56.7 Å². The van der Waals surface area contributed by atoms with Gasteiger partial charge >= 0.3 is 0 Å². The molecule has 1 aliphatic heterocycles. The van der Waals surface area contributed by atoms with Crippen LogP contribution in [0.2, 0.25) is 10.0 Å². The summed E-state index contributed by atoms with van der Waals surface area (Å²) in [5.41, 5.74) is 1.12. The Kier molecular flexibility index (Phi) is 5.50. The molecule has 126 valence electrons. The minimum absolute atomic E-state index is 0.268. The van der Waals surface area contributed by atoms with E-state index in [1.807, 2.05) is 18.2 Å². The van der Waals surface area contributed by atoms with E-state index in [2.05, 4.69) is 16.7 Å². The van der Waals surface area contributed by atoms with Gasteiger partial charge < -0.3 is 4.90 Å². The third-order valence-corrected chi connectivity index (χ3v) is 5.63. The molecule has 1 aliphatic carbocycles. The normalized spacial score (nSPS) is 21.7. The second kappa shape index (κ2) is 7.42. The lowest BCUT2D eigenvalue weighted by atomic mass is 10.0. The van der Waals surface area contributed by atoms with Gasteiger partial charge in [0.05, 0.1) is 16.6 Å². The molecular formula is C18H24Cl2N2O. The van der Waals surface area contributed by atoms with Crippen molar-refractivity contribution in [1.29, 1.82) is 0 Å². The lowest BCUT2D eigenvalue weighted by Gasteiger charge is -2.35. The largest absolute Gasteiger partial charge is 0.339 e. The summed E-state index contributed by atoms with van der Waals surface area (Å²) in [4.78, 5) is 17.1. The monoisotopic (exact) mass is 354 g/mol. The molecule has 0 aromatic heterocycles. The van der Waals surface area contributed by atoms with Crippen molar-refractivity contribution in [1.82, 2.24) is 9.80 Å². The van der Waals surface area contributed by atoms with Crippen LogP contribution < -0.4 is 0 Å². The van der Waals surface area contributed by atoms with Crippen molar-refractivity contribution in [3.63, 3.8) is 0 Å². The molecule has 3 nitrogen and oxygen atoms in total. The van der Waals surface area contributed by atoms with E-state index in [1.54, 1.807) is 0 Å². The van der Waals surface area contributed by atoms with E-state index in [0.717, 1.165) is 31.5 Å². The Morgan fingerprint density at radius 1 is 1.22 bits per heavy atom. The third-order valence-electron chi connectivity index (χ3n) is 4.89. The highest BCUT2D eigenvalue weighted by Gasteiger charge is 2.32. The number of benzene rings is 1. The Bertz CT molecular complexity index is 574. The topological polar surface area (TPSA) is 23.6 Å². The van der Waals surface area contributed by atoms with Crippen LogP contribution in [0.15, 0.2) is 18.2 Å². The maximum atomic E-state index is 12.7. The highest BCUT2D eigenvalue weighted by atomic mass is 35.5. The zero-order valence-electron chi connectivity index (χ0n) is 13.6. The van der Waals surface area contributed by atoms with Crippen LogP contribution >= 0.6 is 23.2 Å². The molecule has 1 atom stereocenters. The van der Waals surface area contributed by atoms with Crippen molar-refractivity contribution < 1.29 is 4.79 Å². The van der Waals surface area contributed by atoms with Gasteiger partial charge in [-0.3, -0.25) is 9.69 Å². The van der Waals surface area contributed by atoms with Crippen molar-refractivity contribution >= 4 is 29.1 Å². The van der Waals surface area contributed by atoms with Gasteiger partial charge in [0, 0.05) is 25.2 Å². The fraction of sp³-hybridized carbons (Fsp3) is 0.611. The quantitative estimate of drug-likeness (QED) is 0.784. The molecular weight excluding hydrogens is 331 g/mol. The van der Waals surface area contributed by atoms with Crippen LogP contribution in [-0.2, 0) is 11.3 Å². The van der Waals surface area contributed by atoms with Crippen LogP contribution in [0.1, 0.15) is 44.6 Å². The summed E-state index contributed by atoms with van der Waals surface area (Å²) >= 11 is 12.1. The van der Waals surface area contributed by atoms with Crippen molar-refractivity contribution in [2.45, 2.75) is 57.7 Å². The predicted octanol–water partition coefficient (Wildman–Crippen LogP) is 4.36. The second-order valence-electron chi connectivity index (χ2n) is 6.82. The molecule has 1 amide bonds. The Hall–Kier alpha value is -0.770. The number of rotatable bonds is 5. The maximum Gasteiger partial charge on any atom is 0.237 e. The molecule has 5 heteroatoms. The van der Waals surface area contributed by atoms with E-state index in [0.29, 0.717) is 28.7 Å². The number of halogens is 2. The molecule has 3 rings (SSSR count). The molecule has 0 bridgehead atoms. The molecule has 2 aliphatic rings. The molecule has 1 aromatic rings. The number of hydrogen-bond donors (Lipinski definition) is 0. The van der Waals surface area contributed by atoms with Crippen LogP contribution in [0.4, 0.5) is 0 Å². The minimum Gasteiger partial charge on any atom is -0.339 e. The Morgan fingerprint density at radius 2 is 2.00 bits per heavy atom. The number of nitrogens with zero attached hydrogens (tertiary/aromatic N) is 2. The van der Waals surface area contributed by atoms with Crippen LogP contribution in [0.5, 0.6) is 0 Å². The zero-order chi connectivity index (χ0) is 16.4. The minimum atomic E-state index is 0.268. The van der Waals surface area contributed by atoms with Gasteiger partial charge in [-0.25, -0.2) is 0 Å². The number of carbonyl (C=O) groups is 1. The molecule has 0 spiro atoms. The first-order valence-electron chi connectivity index (χ1n) is 8.52. The zero-order valence-corrected chi connectivity index (χ0v) is 15.1. The number of carbonyl (C=O) groups excluding carboxylic acids is 1. The van der Waals surface area contributed by atoms with Crippen LogP contribution in [0.25, 0.3) is 0 Å². The van der Waals surface area contributed by atoms with Gasteiger partial charge in [-0.15, -0.1) is 0 Å². The summed E-state index contributed by atoms with van der Waals surface area (Å²) in [6.45, 7) is 4.34. The molecule has 23 heavy (non-hydrogen) atoms. The van der Waals surface area contributed by atoms with Crippen LogP contribution in [0.3, 0.4) is 0 Å². The van der Waals surface area contributed by atoms with E-state index in [-0.39, 0.29) is 5.91 Å². The molecule has 2 fully saturated rings. The summed E-state index contributed by atoms with van der Waals surface area (Å²) in [6, 6.07) is 6.65. The Balaban J connectivity index is 1.64. The summed E-state index contributed by atoms with van der Waals surface area (Å²) in [7, 11) is 0. The van der Waals surface area contributed by atoms with Crippen molar-refractivity contribution in [3.8, 4) is 0 Å². The van der Waals surface area contributed by atoms with E-state index in [4.69, 9.17) is 23.2 Å². The van der Waals surface area contributed by atoms with E-state index in [9.17, 15) is 4.79 Å². The van der Waals surface area contributed by atoms with Gasteiger partial charge in [0.15, 0.2) is 0 Å². The smallest absolute Gasteiger partial charge is 0.237 e. The van der Waals surface area contributed by atoms with E-state index in [1.165, 1.54) is 19.3 Å². The van der Waals surface area contributed by atoms with E-state index >= 15 is 0 Å². The molecule has 1 saturated carbocycles. The SMILES string of the molecule is CC1CCCCN1C(=O)CN(Cc1ccc(Cl)c(Cl)c1)C1CC1. The number of amides is 1. The molecule has 1 aromatic carbocycles. The highest BCUT2D eigenvalue weighted by Crippen LogP contribution is 2.30. The first-order valence-corrected chi connectivity index (χ1v) is 9.27. The van der Waals surface area contributed by atoms with E-state index < -0.39 is 0 Å². The van der Waals surface area contributed by atoms with Gasteiger partial charge in [-0.2, -0.15) is 0 Å². The summed E-state index contributed by atoms with van der Waals surface area (Å²) in [6.07, 6.45) is 5.86. The molecule has 1 heterocycles. The standard InChI is InChI=1S/C18H24Cl2N2O/c1-13-4-2-3-9-22(13)18(23)12-21(15-6-7-15)11-14-5-8-16(19)17(20)10-14/h5,8,10,13,15H,2-4,6-7,9,11-12H2,1H3. The molecule has 0 N–H and O–H groups in total.